The Bertz CT molecular complexity index is 1020. The Morgan fingerprint density at radius 2 is 2.07 bits per heavy atom. The minimum absolute atomic E-state index is 0.0791. The first kappa shape index (κ1) is 20.1. The smallest absolute Gasteiger partial charge is 0.350 e. The molecule has 0 fully saturated rings. The topological polar surface area (TPSA) is 72.4 Å². The third-order valence-corrected chi connectivity index (χ3v) is 6.02. The Kier molecular flexibility index (Phi) is 6.15. The lowest BCUT2D eigenvalue weighted by Gasteiger charge is -2.12. The van der Waals surface area contributed by atoms with Gasteiger partial charge in [-0.15, -0.1) is 11.3 Å². The number of benzene rings is 1. The molecule has 0 N–H and O–H groups in total. The summed E-state index contributed by atoms with van der Waals surface area (Å²) in [4.78, 5) is 35.1. The van der Waals surface area contributed by atoms with E-state index in [2.05, 4.69) is 9.97 Å². The number of aryl methyl sites for hydroxylation is 1. The fourth-order valence-electron chi connectivity index (χ4n) is 2.43. The first-order valence-corrected chi connectivity index (χ1v) is 10.2. The van der Waals surface area contributed by atoms with E-state index in [-0.39, 0.29) is 24.8 Å². The summed E-state index contributed by atoms with van der Waals surface area (Å²) in [6.07, 6.45) is 0.0791. The normalized spacial score (nSPS) is 10.7. The van der Waals surface area contributed by atoms with Gasteiger partial charge in [-0.05, 0) is 26.0 Å². The van der Waals surface area contributed by atoms with Gasteiger partial charge in [-0.25, -0.2) is 19.2 Å². The van der Waals surface area contributed by atoms with E-state index in [0.717, 1.165) is 11.3 Å². The summed E-state index contributed by atoms with van der Waals surface area (Å²) in [5.74, 6) is -0.981. The van der Waals surface area contributed by atoms with Crippen LogP contribution in [0.5, 0.6) is 0 Å². The molecule has 0 atom stereocenters. The summed E-state index contributed by atoms with van der Waals surface area (Å²) in [5, 5.41) is 2.86. The molecule has 0 aliphatic rings. The van der Waals surface area contributed by atoms with Gasteiger partial charge in [-0.1, -0.05) is 23.5 Å². The Labute approximate surface area is 169 Å². The Balaban J connectivity index is 1.71. The van der Waals surface area contributed by atoms with E-state index >= 15 is 0 Å². The van der Waals surface area contributed by atoms with Crippen molar-refractivity contribution in [2.24, 2.45) is 0 Å². The highest BCUT2D eigenvalue weighted by Gasteiger charge is 2.22. The lowest BCUT2D eigenvalue weighted by Crippen LogP contribution is -2.27. The van der Waals surface area contributed by atoms with Gasteiger partial charge in [0.05, 0.1) is 24.4 Å². The van der Waals surface area contributed by atoms with Crippen molar-refractivity contribution < 1.29 is 18.7 Å². The number of aromatic nitrogens is 2. The third kappa shape index (κ3) is 4.42. The van der Waals surface area contributed by atoms with Crippen LogP contribution < -0.4 is 4.90 Å². The molecule has 28 heavy (non-hydrogen) atoms. The van der Waals surface area contributed by atoms with Crippen LogP contribution in [0.25, 0.3) is 10.6 Å². The van der Waals surface area contributed by atoms with Crippen LogP contribution in [0.1, 0.15) is 28.0 Å². The lowest BCUT2D eigenvalue weighted by molar-refractivity contribution is -0.117. The van der Waals surface area contributed by atoms with Crippen molar-refractivity contribution >= 4 is 39.7 Å². The monoisotopic (exact) mass is 419 g/mol. The highest BCUT2D eigenvalue weighted by atomic mass is 32.1. The van der Waals surface area contributed by atoms with Crippen LogP contribution in [0, 0.1) is 12.7 Å². The number of hydrogen-bond donors (Lipinski definition) is 0. The molecule has 2 heterocycles. The number of thiazole rings is 2. The maximum absolute atomic E-state index is 13.4. The number of amides is 1. The van der Waals surface area contributed by atoms with Gasteiger partial charge in [0, 0.05) is 18.0 Å². The molecule has 2 aromatic heterocycles. The zero-order valence-electron chi connectivity index (χ0n) is 15.6. The minimum atomic E-state index is -0.441. The van der Waals surface area contributed by atoms with E-state index in [1.807, 2.05) is 0 Å². The van der Waals surface area contributed by atoms with E-state index in [1.165, 1.54) is 28.4 Å². The summed E-state index contributed by atoms with van der Waals surface area (Å²) >= 11 is 2.47. The molecular formula is C19H18FN3O3S2. The summed E-state index contributed by atoms with van der Waals surface area (Å²) in [6, 6.07) is 6.17. The second kappa shape index (κ2) is 8.57. The van der Waals surface area contributed by atoms with Gasteiger partial charge in [0.25, 0.3) is 0 Å². The van der Waals surface area contributed by atoms with Crippen LogP contribution >= 0.6 is 22.7 Å². The molecule has 0 saturated heterocycles. The Morgan fingerprint density at radius 3 is 2.79 bits per heavy atom. The molecule has 1 aromatic carbocycles. The molecule has 146 valence electrons. The number of hydrogen-bond acceptors (Lipinski definition) is 7. The largest absolute Gasteiger partial charge is 0.462 e. The summed E-state index contributed by atoms with van der Waals surface area (Å²) < 4.78 is 18.4. The second-order valence-corrected chi connectivity index (χ2v) is 7.75. The summed E-state index contributed by atoms with van der Waals surface area (Å²) in [5.41, 5.74) is 1.80. The molecule has 0 spiro atoms. The van der Waals surface area contributed by atoms with Crippen LogP contribution in [0.3, 0.4) is 0 Å². The van der Waals surface area contributed by atoms with Crippen molar-refractivity contribution in [2.75, 3.05) is 18.6 Å². The van der Waals surface area contributed by atoms with Crippen molar-refractivity contribution in [2.45, 2.75) is 20.3 Å². The van der Waals surface area contributed by atoms with E-state index in [0.29, 0.717) is 32.0 Å². The average Bonchev–Trinajstić information content (AvgIpc) is 3.28. The summed E-state index contributed by atoms with van der Waals surface area (Å²) in [6.45, 7) is 3.71. The van der Waals surface area contributed by atoms with E-state index in [9.17, 15) is 14.0 Å². The van der Waals surface area contributed by atoms with Crippen molar-refractivity contribution in [3.63, 3.8) is 0 Å². The van der Waals surface area contributed by atoms with Gasteiger partial charge < -0.3 is 4.74 Å². The zero-order chi connectivity index (χ0) is 20.3. The third-order valence-electron chi connectivity index (χ3n) is 3.86. The molecule has 1 amide bonds. The van der Waals surface area contributed by atoms with Crippen molar-refractivity contribution in [1.82, 2.24) is 9.97 Å². The van der Waals surface area contributed by atoms with Gasteiger partial charge in [0.1, 0.15) is 15.7 Å². The quantitative estimate of drug-likeness (QED) is 0.563. The van der Waals surface area contributed by atoms with Crippen LogP contribution in [-0.2, 0) is 16.0 Å². The average molecular weight is 420 g/mol. The van der Waals surface area contributed by atoms with Gasteiger partial charge in [0.2, 0.25) is 5.91 Å². The first-order chi connectivity index (χ1) is 13.4. The van der Waals surface area contributed by atoms with E-state index in [1.54, 1.807) is 38.4 Å². The Hall–Kier alpha value is -2.65. The second-order valence-electron chi connectivity index (χ2n) is 5.92. The molecule has 6 nitrogen and oxygen atoms in total. The van der Waals surface area contributed by atoms with Gasteiger partial charge in [-0.3, -0.25) is 9.69 Å². The number of anilines is 1. The van der Waals surface area contributed by atoms with Crippen LogP contribution in [0.15, 0.2) is 29.6 Å². The highest BCUT2D eigenvalue weighted by molar-refractivity contribution is 7.17. The number of carbonyl (C=O) groups excluding carboxylic acids is 2. The molecule has 9 heteroatoms. The molecule has 0 saturated carbocycles. The molecule has 3 aromatic rings. The lowest BCUT2D eigenvalue weighted by atomic mass is 10.2. The van der Waals surface area contributed by atoms with Gasteiger partial charge in [0.15, 0.2) is 5.13 Å². The van der Waals surface area contributed by atoms with Crippen LogP contribution in [0.2, 0.25) is 0 Å². The van der Waals surface area contributed by atoms with Gasteiger partial charge in [-0.2, -0.15) is 0 Å². The first-order valence-electron chi connectivity index (χ1n) is 8.50. The molecule has 0 radical (unpaired) electrons. The molecule has 0 aliphatic heterocycles. The molecule has 0 bridgehead atoms. The SMILES string of the molecule is CCOC(=O)c1sc(N(C)C(=O)Cc2csc(-c3cccc(F)c3)n2)nc1C. The van der Waals surface area contributed by atoms with E-state index in [4.69, 9.17) is 4.74 Å². The van der Waals surface area contributed by atoms with Crippen LogP contribution in [-0.4, -0.2) is 35.5 Å². The molecule has 0 unspecified atom stereocenters. The predicted molar refractivity (Wildman–Crippen MR) is 107 cm³/mol. The number of halogens is 1. The summed E-state index contributed by atoms with van der Waals surface area (Å²) in [7, 11) is 1.61. The molecule has 0 aliphatic carbocycles. The Morgan fingerprint density at radius 1 is 1.29 bits per heavy atom. The maximum atomic E-state index is 13.4. The standard InChI is InChI=1S/C19H18FN3O3S2/c1-4-26-18(25)16-11(2)21-19(28-16)23(3)15(24)9-14-10-27-17(22-14)12-6-5-7-13(20)8-12/h5-8,10H,4,9H2,1-3H3. The fourth-order valence-corrected chi connectivity index (χ4v) is 4.19. The van der Waals surface area contributed by atoms with Crippen molar-refractivity contribution in [3.05, 3.63) is 51.7 Å². The predicted octanol–water partition coefficient (Wildman–Crippen LogP) is 4.10. The highest BCUT2D eigenvalue weighted by Crippen LogP contribution is 2.28. The number of carbonyl (C=O) groups is 2. The molecular weight excluding hydrogens is 401 g/mol. The minimum Gasteiger partial charge on any atom is -0.462 e. The van der Waals surface area contributed by atoms with E-state index < -0.39 is 5.97 Å². The maximum Gasteiger partial charge on any atom is 0.350 e. The number of ether oxygens (including phenoxy) is 1. The zero-order valence-corrected chi connectivity index (χ0v) is 17.2. The number of rotatable bonds is 6. The van der Waals surface area contributed by atoms with Crippen molar-refractivity contribution in [1.29, 1.82) is 0 Å². The number of esters is 1. The molecule has 3 rings (SSSR count). The van der Waals surface area contributed by atoms with Crippen LogP contribution in [0.4, 0.5) is 9.52 Å². The fraction of sp³-hybridized carbons (Fsp3) is 0.263. The van der Waals surface area contributed by atoms with Gasteiger partial charge >= 0.3 is 5.97 Å². The van der Waals surface area contributed by atoms with Crippen molar-refractivity contribution in [3.8, 4) is 10.6 Å². The number of nitrogens with zero attached hydrogens (tertiary/aromatic N) is 3. The number of likely N-dealkylation sites (N-methyl/N-ethyl adjacent to an activating group) is 1.